The predicted molar refractivity (Wildman–Crippen MR) is 93.9 cm³/mol. The van der Waals surface area contributed by atoms with Crippen LogP contribution in [0, 0.1) is 0 Å². The molecule has 2 aromatic rings. The van der Waals surface area contributed by atoms with Gasteiger partial charge in [0.1, 0.15) is 5.15 Å². The molecule has 1 fully saturated rings. The fourth-order valence-corrected chi connectivity index (χ4v) is 3.25. The van der Waals surface area contributed by atoms with Crippen LogP contribution in [0.25, 0.3) is 0 Å². The van der Waals surface area contributed by atoms with Crippen molar-refractivity contribution in [3.05, 3.63) is 63.3 Å². The van der Waals surface area contributed by atoms with E-state index in [2.05, 4.69) is 61.0 Å². The minimum Gasteiger partial charge on any atom is -0.297 e. The standard InChI is InChI=1S/C17H19BrClN3/c18-16-4-2-1-3-15(16)13-22-9-7-21(8-10-22)12-14-5-6-17(19)20-11-14/h1-6,11H,7-10,12-13H2. The molecule has 116 valence electrons. The van der Waals surface area contributed by atoms with Gasteiger partial charge in [-0.2, -0.15) is 0 Å². The first-order valence-electron chi connectivity index (χ1n) is 7.49. The second-order valence-electron chi connectivity index (χ2n) is 5.63. The molecule has 0 N–H and O–H groups in total. The average molecular weight is 381 g/mol. The van der Waals surface area contributed by atoms with E-state index in [1.165, 1.54) is 15.6 Å². The molecule has 5 heteroatoms. The monoisotopic (exact) mass is 379 g/mol. The van der Waals surface area contributed by atoms with Gasteiger partial charge in [-0.15, -0.1) is 0 Å². The minimum absolute atomic E-state index is 0.557. The van der Waals surface area contributed by atoms with Crippen molar-refractivity contribution in [2.24, 2.45) is 0 Å². The summed E-state index contributed by atoms with van der Waals surface area (Å²) in [5.74, 6) is 0. The Morgan fingerprint density at radius 3 is 2.27 bits per heavy atom. The Kier molecular flexibility index (Phi) is 5.47. The van der Waals surface area contributed by atoms with Gasteiger partial charge in [0.05, 0.1) is 0 Å². The number of rotatable bonds is 4. The van der Waals surface area contributed by atoms with Crippen LogP contribution in [0.5, 0.6) is 0 Å². The lowest BCUT2D eigenvalue weighted by Gasteiger charge is -2.34. The fraction of sp³-hybridized carbons (Fsp3) is 0.353. The van der Waals surface area contributed by atoms with E-state index in [1.54, 1.807) is 0 Å². The smallest absolute Gasteiger partial charge is 0.129 e. The highest BCUT2D eigenvalue weighted by molar-refractivity contribution is 9.10. The average Bonchev–Trinajstić information content (AvgIpc) is 2.54. The van der Waals surface area contributed by atoms with Gasteiger partial charge in [-0.1, -0.05) is 51.8 Å². The Bertz CT molecular complexity index is 610. The first-order chi connectivity index (χ1) is 10.7. The summed E-state index contributed by atoms with van der Waals surface area (Å²) in [6, 6.07) is 12.4. The quantitative estimate of drug-likeness (QED) is 0.752. The molecular formula is C17H19BrClN3. The highest BCUT2D eigenvalue weighted by Gasteiger charge is 2.17. The largest absolute Gasteiger partial charge is 0.297 e. The Morgan fingerprint density at radius 2 is 1.64 bits per heavy atom. The van der Waals surface area contributed by atoms with Crippen molar-refractivity contribution in [3.8, 4) is 0 Å². The lowest BCUT2D eigenvalue weighted by molar-refractivity contribution is 0.122. The van der Waals surface area contributed by atoms with Crippen LogP contribution in [-0.2, 0) is 13.1 Å². The van der Waals surface area contributed by atoms with Gasteiger partial charge < -0.3 is 0 Å². The molecule has 1 aliphatic rings. The van der Waals surface area contributed by atoms with Crippen LogP contribution in [0.3, 0.4) is 0 Å². The molecule has 0 saturated carbocycles. The predicted octanol–water partition coefficient (Wildman–Crippen LogP) is 3.82. The third-order valence-corrected chi connectivity index (χ3v) is 5.01. The van der Waals surface area contributed by atoms with Crippen molar-refractivity contribution in [3.63, 3.8) is 0 Å². The van der Waals surface area contributed by atoms with Crippen LogP contribution in [0.15, 0.2) is 47.1 Å². The molecule has 1 saturated heterocycles. The Morgan fingerprint density at radius 1 is 0.955 bits per heavy atom. The van der Waals surface area contributed by atoms with E-state index in [9.17, 15) is 0 Å². The Balaban J connectivity index is 1.50. The Hall–Kier alpha value is -0.940. The molecule has 1 aromatic heterocycles. The minimum atomic E-state index is 0.557. The zero-order valence-electron chi connectivity index (χ0n) is 12.4. The summed E-state index contributed by atoms with van der Waals surface area (Å²) in [5, 5.41) is 0.557. The Labute approximate surface area is 145 Å². The van der Waals surface area contributed by atoms with Gasteiger partial charge in [0.2, 0.25) is 0 Å². The van der Waals surface area contributed by atoms with Gasteiger partial charge in [-0.05, 0) is 23.3 Å². The van der Waals surface area contributed by atoms with E-state index in [-0.39, 0.29) is 0 Å². The second kappa shape index (κ2) is 7.55. The molecule has 1 aliphatic heterocycles. The molecule has 1 aromatic carbocycles. The lowest BCUT2D eigenvalue weighted by atomic mass is 10.2. The molecule has 2 heterocycles. The highest BCUT2D eigenvalue weighted by atomic mass is 79.9. The molecule has 3 nitrogen and oxygen atoms in total. The van der Waals surface area contributed by atoms with Gasteiger partial charge >= 0.3 is 0 Å². The van der Waals surface area contributed by atoms with Crippen molar-refractivity contribution in [1.29, 1.82) is 0 Å². The zero-order valence-corrected chi connectivity index (χ0v) is 14.7. The van der Waals surface area contributed by atoms with E-state index in [0.29, 0.717) is 5.15 Å². The first kappa shape index (κ1) is 15.9. The maximum absolute atomic E-state index is 5.83. The third kappa shape index (κ3) is 4.29. The van der Waals surface area contributed by atoms with Crippen LogP contribution in [-0.4, -0.2) is 41.0 Å². The fourth-order valence-electron chi connectivity index (χ4n) is 2.73. The number of aromatic nitrogens is 1. The van der Waals surface area contributed by atoms with Crippen LogP contribution in [0.2, 0.25) is 5.15 Å². The van der Waals surface area contributed by atoms with Crippen LogP contribution in [0.4, 0.5) is 0 Å². The lowest BCUT2D eigenvalue weighted by Crippen LogP contribution is -2.45. The number of benzene rings is 1. The summed E-state index contributed by atoms with van der Waals surface area (Å²) >= 11 is 9.46. The molecule has 0 bridgehead atoms. The molecular weight excluding hydrogens is 362 g/mol. The number of pyridine rings is 1. The number of hydrogen-bond donors (Lipinski definition) is 0. The van der Waals surface area contributed by atoms with E-state index in [1.807, 2.05) is 12.3 Å². The first-order valence-corrected chi connectivity index (χ1v) is 8.66. The third-order valence-electron chi connectivity index (χ3n) is 4.01. The van der Waals surface area contributed by atoms with Crippen LogP contribution in [0.1, 0.15) is 11.1 Å². The molecule has 3 rings (SSSR count). The summed E-state index contributed by atoms with van der Waals surface area (Å²) < 4.78 is 1.20. The molecule has 0 atom stereocenters. The van der Waals surface area contributed by atoms with Crippen LogP contribution >= 0.6 is 27.5 Å². The molecule has 0 amide bonds. The number of hydrogen-bond acceptors (Lipinski definition) is 3. The van der Waals surface area contributed by atoms with Crippen LogP contribution < -0.4 is 0 Å². The maximum atomic E-state index is 5.83. The number of nitrogens with zero attached hydrogens (tertiary/aromatic N) is 3. The highest BCUT2D eigenvalue weighted by Crippen LogP contribution is 2.19. The van der Waals surface area contributed by atoms with E-state index >= 15 is 0 Å². The molecule has 22 heavy (non-hydrogen) atoms. The SMILES string of the molecule is Clc1ccc(CN2CCN(Cc3ccccc3Br)CC2)cn1. The summed E-state index contributed by atoms with van der Waals surface area (Å²) in [6.45, 7) is 6.34. The zero-order chi connectivity index (χ0) is 15.4. The maximum Gasteiger partial charge on any atom is 0.129 e. The van der Waals surface area contributed by atoms with Crippen molar-refractivity contribution in [2.45, 2.75) is 13.1 Å². The van der Waals surface area contributed by atoms with E-state index in [4.69, 9.17) is 11.6 Å². The van der Waals surface area contributed by atoms with Crippen molar-refractivity contribution in [2.75, 3.05) is 26.2 Å². The van der Waals surface area contributed by atoms with Crippen molar-refractivity contribution >= 4 is 27.5 Å². The number of piperazine rings is 1. The molecule has 0 spiro atoms. The second-order valence-corrected chi connectivity index (χ2v) is 6.87. The van der Waals surface area contributed by atoms with Crippen molar-refractivity contribution in [1.82, 2.24) is 14.8 Å². The molecule has 0 radical (unpaired) electrons. The van der Waals surface area contributed by atoms with E-state index in [0.717, 1.165) is 39.3 Å². The van der Waals surface area contributed by atoms with Gasteiger partial charge in [0.25, 0.3) is 0 Å². The van der Waals surface area contributed by atoms with Gasteiger partial charge in [0.15, 0.2) is 0 Å². The summed E-state index contributed by atoms with van der Waals surface area (Å²) in [6.07, 6.45) is 1.87. The summed E-state index contributed by atoms with van der Waals surface area (Å²) in [7, 11) is 0. The van der Waals surface area contributed by atoms with E-state index < -0.39 is 0 Å². The topological polar surface area (TPSA) is 19.4 Å². The van der Waals surface area contributed by atoms with Gasteiger partial charge in [0, 0.05) is 49.9 Å². The normalized spacial score (nSPS) is 16.8. The summed E-state index contributed by atoms with van der Waals surface area (Å²) in [5.41, 5.74) is 2.58. The number of halogens is 2. The van der Waals surface area contributed by atoms with Gasteiger partial charge in [-0.25, -0.2) is 4.98 Å². The van der Waals surface area contributed by atoms with Gasteiger partial charge in [-0.3, -0.25) is 9.80 Å². The molecule has 0 aliphatic carbocycles. The molecule has 0 unspecified atom stereocenters. The van der Waals surface area contributed by atoms with Crippen molar-refractivity contribution < 1.29 is 0 Å². The summed E-state index contributed by atoms with van der Waals surface area (Å²) in [4.78, 5) is 9.13.